The molecule has 1 aromatic rings. The molecule has 0 aromatic carbocycles. The lowest BCUT2D eigenvalue weighted by molar-refractivity contribution is 0.198. The van der Waals surface area contributed by atoms with Gasteiger partial charge in [-0.05, 0) is 38.5 Å². The Hall–Kier alpha value is -0.510. The van der Waals surface area contributed by atoms with Crippen LogP contribution in [0.4, 0.5) is 0 Å². The van der Waals surface area contributed by atoms with Gasteiger partial charge in [0, 0.05) is 16.3 Å². The first-order chi connectivity index (χ1) is 9.78. The zero-order valence-corrected chi connectivity index (χ0v) is 15.8. The molecular weight excluding hydrogens is 328 g/mol. The fourth-order valence-corrected chi connectivity index (χ4v) is 5.36. The highest BCUT2D eigenvalue weighted by Crippen LogP contribution is 2.47. The summed E-state index contributed by atoms with van der Waals surface area (Å²) < 4.78 is 7.75. The summed E-state index contributed by atoms with van der Waals surface area (Å²) in [5.41, 5.74) is 1.28. The second-order valence-corrected chi connectivity index (χ2v) is 8.54. The van der Waals surface area contributed by atoms with Crippen molar-refractivity contribution >= 4 is 15.9 Å². The van der Waals surface area contributed by atoms with Gasteiger partial charge in [-0.15, -0.1) is 0 Å². The maximum Gasteiger partial charge on any atom is 0.160 e. The Kier molecular flexibility index (Phi) is 5.07. The molecule has 3 atom stereocenters. The van der Waals surface area contributed by atoms with Gasteiger partial charge in [0.2, 0.25) is 0 Å². The molecule has 0 saturated heterocycles. The fraction of sp³-hybridized carbons (Fsp3) is 0.824. The van der Waals surface area contributed by atoms with E-state index in [-0.39, 0.29) is 5.41 Å². The first-order valence-electron chi connectivity index (χ1n) is 8.05. The van der Waals surface area contributed by atoms with E-state index in [4.69, 9.17) is 4.74 Å². The minimum atomic E-state index is 0.0421. The zero-order chi connectivity index (χ0) is 15.8. The lowest BCUT2D eigenvalue weighted by Crippen LogP contribution is -2.40. The number of alkyl halides is 1. The van der Waals surface area contributed by atoms with Gasteiger partial charge in [-0.2, -0.15) is 5.10 Å². The smallest absolute Gasteiger partial charge is 0.160 e. The predicted molar refractivity (Wildman–Crippen MR) is 91.4 cm³/mol. The Balaban J connectivity index is 2.41. The molecule has 2 rings (SSSR count). The highest BCUT2D eigenvalue weighted by Gasteiger charge is 2.42. The molecule has 3 nitrogen and oxygen atoms in total. The van der Waals surface area contributed by atoms with Gasteiger partial charge in [-0.25, -0.2) is 0 Å². The van der Waals surface area contributed by atoms with Crippen molar-refractivity contribution < 1.29 is 4.74 Å². The molecule has 0 amide bonds. The van der Waals surface area contributed by atoms with Crippen molar-refractivity contribution in [3.05, 3.63) is 11.9 Å². The van der Waals surface area contributed by atoms with E-state index < -0.39 is 0 Å². The van der Waals surface area contributed by atoms with Crippen LogP contribution >= 0.6 is 15.9 Å². The van der Waals surface area contributed by atoms with E-state index in [1.54, 1.807) is 7.11 Å². The van der Waals surface area contributed by atoms with Crippen LogP contribution in [-0.4, -0.2) is 21.7 Å². The molecule has 4 heteroatoms. The predicted octanol–water partition coefficient (Wildman–Crippen LogP) is 4.95. The Morgan fingerprint density at radius 1 is 1.38 bits per heavy atom. The average Bonchev–Trinajstić information content (AvgIpc) is 2.82. The number of rotatable bonds is 4. The maximum atomic E-state index is 5.61. The lowest BCUT2D eigenvalue weighted by atomic mass is 9.67. The highest BCUT2D eigenvalue weighted by molar-refractivity contribution is 9.09. The third kappa shape index (κ3) is 3.15. The molecule has 0 aliphatic heterocycles. The van der Waals surface area contributed by atoms with E-state index in [9.17, 15) is 0 Å². The highest BCUT2D eigenvalue weighted by atomic mass is 79.9. The fourth-order valence-electron chi connectivity index (χ4n) is 3.80. The first-order valence-corrected chi connectivity index (χ1v) is 8.96. The van der Waals surface area contributed by atoms with Crippen LogP contribution in [-0.2, 0) is 5.41 Å². The molecule has 0 bridgehead atoms. The quantitative estimate of drug-likeness (QED) is 0.713. The molecule has 1 heterocycles. The Labute approximate surface area is 137 Å². The van der Waals surface area contributed by atoms with Gasteiger partial charge in [0.1, 0.15) is 0 Å². The Morgan fingerprint density at radius 2 is 2.05 bits per heavy atom. The van der Waals surface area contributed by atoms with Gasteiger partial charge in [0.15, 0.2) is 5.75 Å². The van der Waals surface area contributed by atoms with Gasteiger partial charge in [0.05, 0.1) is 19.0 Å². The maximum absolute atomic E-state index is 5.61. The SMILES string of the molecule is COc1cnn(C(C)C)c1C(C)(C)C1CCC(C)CC1Br. The molecule has 1 aromatic heterocycles. The van der Waals surface area contributed by atoms with Crippen LogP contribution in [0.5, 0.6) is 5.75 Å². The number of hydrogen-bond acceptors (Lipinski definition) is 2. The average molecular weight is 357 g/mol. The number of methoxy groups -OCH3 is 1. The molecule has 0 radical (unpaired) electrons. The molecule has 3 unspecified atom stereocenters. The topological polar surface area (TPSA) is 27.1 Å². The monoisotopic (exact) mass is 356 g/mol. The summed E-state index contributed by atoms with van der Waals surface area (Å²) in [6, 6.07) is 0.347. The summed E-state index contributed by atoms with van der Waals surface area (Å²) >= 11 is 3.95. The van der Waals surface area contributed by atoms with Crippen molar-refractivity contribution in [1.29, 1.82) is 0 Å². The summed E-state index contributed by atoms with van der Waals surface area (Å²) in [5, 5.41) is 4.56. The molecule has 0 N–H and O–H groups in total. The molecular formula is C17H29BrN2O. The van der Waals surface area contributed by atoms with E-state index >= 15 is 0 Å². The van der Waals surface area contributed by atoms with E-state index in [0.29, 0.717) is 16.8 Å². The van der Waals surface area contributed by atoms with Crippen LogP contribution in [0.1, 0.15) is 65.6 Å². The standard InChI is InChI=1S/C17H29BrN2O/c1-11(2)20-16(15(21-6)10-19-20)17(4,5)13-8-7-12(3)9-14(13)18/h10-14H,7-9H2,1-6H3. The summed E-state index contributed by atoms with van der Waals surface area (Å²) in [6.07, 6.45) is 5.70. The first kappa shape index (κ1) is 16.9. The van der Waals surface area contributed by atoms with Crippen molar-refractivity contribution in [2.24, 2.45) is 11.8 Å². The minimum Gasteiger partial charge on any atom is -0.493 e. The van der Waals surface area contributed by atoms with Crippen LogP contribution < -0.4 is 4.74 Å². The number of nitrogens with zero attached hydrogens (tertiary/aromatic N) is 2. The van der Waals surface area contributed by atoms with E-state index in [2.05, 4.69) is 60.3 Å². The molecule has 0 spiro atoms. The minimum absolute atomic E-state index is 0.0421. The van der Waals surface area contributed by atoms with Gasteiger partial charge in [0.25, 0.3) is 0 Å². The second-order valence-electron chi connectivity index (χ2n) is 7.36. The van der Waals surface area contributed by atoms with Gasteiger partial charge in [-0.3, -0.25) is 4.68 Å². The van der Waals surface area contributed by atoms with E-state index in [1.165, 1.54) is 25.0 Å². The van der Waals surface area contributed by atoms with Crippen molar-refractivity contribution in [1.82, 2.24) is 9.78 Å². The summed E-state index contributed by atoms with van der Waals surface area (Å²) in [5.74, 6) is 2.35. The normalized spacial score (nSPS) is 27.1. The van der Waals surface area contributed by atoms with Gasteiger partial charge >= 0.3 is 0 Å². The van der Waals surface area contributed by atoms with E-state index in [1.807, 2.05) is 6.20 Å². The summed E-state index contributed by atoms with van der Waals surface area (Å²) in [7, 11) is 1.75. The molecule has 1 aliphatic carbocycles. The largest absolute Gasteiger partial charge is 0.493 e. The number of ether oxygens (including phenoxy) is 1. The second kappa shape index (κ2) is 6.31. The molecule has 1 fully saturated rings. The van der Waals surface area contributed by atoms with Gasteiger partial charge in [-0.1, -0.05) is 43.1 Å². The van der Waals surface area contributed by atoms with Crippen LogP contribution in [0.25, 0.3) is 0 Å². The third-order valence-electron chi connectivity index (χ3n) is 5.04. The lowest BCUT2D eigenvalue weighted by Gasteiger charge is -2.42. The zero-order valence-electron chi connectivity index (χ0n) is 14.2. The number of hydrogen-bond donors (Lipinski definition) is 0. The molecule has 1 saturated carbocycles. The van der Waals surface area contributed by atoms with Crippen molar-refractivity contribution in [3.8, 4) is 5.75 Å². The summed E-state index contributed by atoms with van der Waals surface area (Å²) in [6.45, 7) is 11.4. The van der Waals surface area contributed by atoms with Crippen LogP contribution in [0.15, 0.2) is 6.20 Å². The van der Waals surface area contributed by atoms with Crippen molar-refractivity contribution in [2.45, 2.75) is 70.2 Å². The van der Waals surface area contributed by atoms with Crippen LogP contribution in [0.2, 0.25) is 0 Å². The van der Waals surface area contributed by atoms with Crippen molar-refractivity contribution in [3.63, 3.8) is 0 Å². The summed E-state index contributed by atoms with van der Waals surface area (Å²) in [4.78, 5) is 0.566. The van der Waals surface area contributed by atoms with E-state index in [0.717, 1.165) is 11.7 Å². The third-order valence-corrected chi connectivity index (χ3v) is 6.05. The molecule has 120 valence electrons. The Bertz CT molecular complexity index is 481. The Morgan fingerprint density at radius 3 is 2.57 bits per heavy atom. The molecule has 21 heavy (non-hydrogen) atoms. The van der Waals surface area contributed by atoms with Crippen LogP contribution in [0.3, 0.4) is 0 Å². The molecule has 1 aliphatic rings. The number of aromatic nitrogens is 2. The van der Waals surface area contributed by atoms with Crippen LogP contribution in [0, 0.1) is 11.8 Å². The van der Waals surface area contributed by atoms with Crippen molar-refractivity contribution in [2.75, 3.05) is 7.11 Å². The van der Waals surface area contributed by atoms with Gasteiger partial charge < -0.3 is 4.74 Å². The number of halogens is 1.